The number of fused-ring (bicyclic) bond motifs is 2. The topological polar surface area (TPSA) is 82.1 Å². The maximum atomic E-state index is 12.3. The summed E-state index contributed by atoms with van der Waals surface area (Å²) in [5, 5.41) is 14.1. The van der Waals surface area contributed by atoms with Crippen molar-refractivity contribution in [2.24, 2.45) is 23.7 Å². The van der Waals surface area contributed by atoms with Crippen LogP contribution in [0.15, 0.2) is 36.7 Å². The van der Waals surface area contributed by atoms with Gasteiger partial charge in [-0.25, -0.2) is 0 Å². The lowest BCUT2D eigenvalue weighted by Gasteiger charge is -2.27. The van der Waals surface area contributed by atoms with Gasteiger partial charge in [-0.1, -0.05) is 12.2 Å². The highest BCUT2D eigenvalue weighted by atomic mass is 16.4. The van der Waals surface area contributed by atoms with Crippen LogP contribution in [-0.4, -0.2) is 16.9 Å². The minimum atomic E-state index is -1.12. The van der Waals surface area contributed by atoms with Gasteiger partial charge in [0.25, 0.3) is 0 Å². The number of aromatic nitrogens is 1. The first-order valence-electron chi connectivity index (χ1n) is 6.72. The second-order valence-corrected chi connectivity index (χ2v) is 5.39. The number of allylic oxidation sites excluding steroid dienone is 2. The predicted octanol–water partition coefficient (Wildman–Crippen LogP) is -0.114. The van der Waals surface area contributed by atoms with Crippen LogP contribution in [0.5, 0.6) is 0 Å². The van der Waals surface area contributed by atoms with Crippen molar-refractivity contribution in [2.45, 2.75) is 13.0 Å². The van der Waals surface area contributed by atoms with Crippen molar-refractivity contribution in [3.05, 3.63) is 42.2 Å². The maximum Gasteiger partial charge on any atom is 0.224 e. The molecule has 104 valence electrons. The Morgan fingerprint density at radius 3 is 2.50 bits per heavy atom. The molecule has 3 rings (SSSR count). The van der Waals surface area contributed by atoms with Crippen molar-refractivity contribution in [1.82, 2.24) is 10.3 Å². The number of amides is 1. The van der Waals surface area contributed by atoms with Crippen LogP contribution >= 0.6 is 0 Å². The molecule has 0 saturated heterocycles. The molecule has 0 aromatic carbocycles. The minimum absolute atomic E-state index is 0.0281. The molecule has 4 atom stereocenters. The van der Waals surface area contributed by atoms with Crippen molar-refractivity contribution >= 4 is 11.9 Å². The molecule has 20 heavy (non-hydrogen) atoms. The van der Waals surface area contributed by atoms with E-state index in [0.717, 1.165) is 12.0 Å². The number of nitrogens with zero attached hydrogens (tertiary/aromatic N) is 1. The molecule has 0 unspecified atom stereocenters. The van der Waals surface area contributed by atoms with Gasteiger partial charge in [0.05, 0.1) is 5.92 Å². The lowest BCUT2D eigenvalue weighted by molar-refractivity contribution is -0.313. The van der Waals surface area contributed by atoms with Crippen LogP contribution in [-0.2, 0) is 16.1 Å². The minimum Gasteiger partial charge on any atom is -0.550 e. The summed E-state index contributed by atoms with van der Waals surface area (Å²) < 4.78 is 0. The zero-order valence-electron chi connectivity index (χ0n) is 10.9. The molecule has 1 aromatic heterocycles. The van der Waals surface area contributed by atoms with Crippen molar-refractivity contribution in [3.63, 3.8) is 0 Å². The molecule has 5 heteroatoms. The third-order valence-corrected chi connectivity index (χ3v) is 4.25. The van der Waals surface area contributed by atoms with Gasteiger partial charge in [-0.05, 0) is 36.0 Å². The van der Waals surface area contributed by atoms with Gasteiger partial charge in [0.2, 0.25) is 5.91 Å². The Morgan fingerprint density at radius 1 is 1.20 bits per heavy atom. The molecule has 2 aliphatic rings. The molecule has 0 spiro atoms. The largest absolute Gasteiger partial charge is 0.550 e. The summed E-state index contributed by atoms with van der Waals surface area (Å²) >= 11 is 0. The number of carbonyl (C=O) groups is 2. The summed E-state index contributed by atoms with van der Waals surface area (Å²) in [5.74, 6) is -2.54. The number of nitrogens with one attached hydrogen (secondary N) is 1. The fourth-order valence-electron chi connectivity index (χ4n) is 3.31. The average Bonchev–Trinajstić information content (AvgIpc) is 3.06. The van der Waals surface area contributed by atoms with Gasteiger partial charge in [0.15, 0.2) is 0 Å². The number of carboxylic acid groups (broad SMARTS) is 1. The smallest absolute Gasteiger partial charge is 0.224 e. The first-order chi connectivity index (χ1) is 9.66. The first-order valence-corrected chi connectivity index (χ1v) is 6.72. The number of rotatable bonds is 4. The van der Waals surface area contributed by atoms with Gasteiger partial charge in [0, 0.05) is 30.8 Å². The fourth-order valence-corrected chi connectivity index (χ4v) is 3.31. The third-order valence-electron chi connectivity index (χ3n) is 4.25. The Bertz CT molecular complexity index is 555. The van der Waals surface area contributed by atoms with Crippen LogP contribution in [0.3, 0.4) is 0 Å². The molecule has 1 N–H and O–H groups in total. The summed E-state index contributed by atoms with van der Waals surface area (Å²) in [6, 6.07) is 3.63. The number of pyridine rings is 1. The van der Waals surface area contributed by atoms with E-state index in [-0.39, 0.29) is 17.7 Å². The molecule has 1 amide bonds. The lowest BCUT2D eigenvalue weighted by Crippen LogP contribution is -2.44. The second kappa shape index (κ2) is 5.07. The summed E-state index contributed by atoms with van der Waals surface area (Å²) in [7, 11) is 0. The van der Waals surface area contributed by atoms with Crippen molar-refractivity contribution in [1.29, 1.82) is 0 Å². The summed E-state index contributed by atoms with van der Waals surface area (Å²) in [6.45, 7) is 0.388. The van der Waals surface area contributed by atoms with E-state index < -0.39 is 17.8 Å². The van der Waals surface area contributed by atoms with Crippen LogP contribution in [0, 0.1) is 23.7 Å². The highest BCUT2D eigenvalue weighted by Gasteiger charge is 2.48. The number of carbonyl (C=O) groups excluding carboxylic acids is 2. The molecule has 1 aromatic rings. The van der Waals surface area contributed by atoms with Crippen LogP contribution in [0.1, 0.15) is 12.0 Å². The van der Waals surface area contributed by atoms with E-state index in [9.17, 15) is 14.7 Å². The highest BCUT2D eigenvalue weighted by Crippen LogP contribution is 2.47. The van der Waals surface area contributed by atoms with Gasteiger partial charge in [-0.15, -0.1) is 0 Å². The number of carboxylic acids is 1. The van der Waals surface area contributed by atoms with Gasteiger partial charge in [-0.2, -0.15) is 0 Å². The van der Waals surface area contributed by atoms with Gasteiger partial charge >= 0.3 is 0 Å². The Balaban J connectivity index is 1.68. The molecule has 0 aliphatic heterocycles. The Labute approximate surface area is 116 Å². The number of aliphatic carboxylic acids is 1. The Morgan fingerprint density at radius 2 is 1.85 bits per heavy atom. The standard InChI is InChI=1S/C15H16N2O3/c18-14(17-8-9-3-5-16-6-4-9)12-10-1-2-11(7-10)13(12)15(19)20/h1-6,10-13H,7-8H2,(H,17,18)(H,19,20)/p-1/t10-,11+,12+,13+/m1/s1. The average molecular weight is 271 g/mol. The van der Waals surface area contributed by atoms with Crippen LogP contribution in [0.2, 0.25) is 0 Å². The summed E-state index contributed by atoms with van der Waals surface area (Å²) in [6.07, 6.45) is 7.92. The predicted molar refractivity (Wildman–Crippen MR) is 68.8 cm³/mol. The molecule has 5 nitrogen and oxygen atoms in total. The molecule has 1 saturated carbocycles. The van der Waals surface area contributed by atoms with E-state index in [1.807, 2.05) is 24.3 Å². The summed E-state index contributed by atoms with van der Waals surface area (Å²) in [5.41, 5.74) is 0.942. The molecular formula is C15H15N2O3-. The molecule has 0 radical (unpaired) electrons. The molecule has 2 bridgehead atoms. The Hall–Kier alpha value is -2.17. The van der Waals surface area contributed by atoms with Crippen molar-refractivity contribution in [2.75, 3.05) is 0 Å². The monoisotopic (exact) mass is 271 g/mol. The molecule has 1 heterocycles. The maximum absolute atomic E-state index is 12.3. The van der Waals surface area contributed by atoms with Gasteiger partial charge in [0.1, 0.15) is 0 Å². The number of hydrogen-bond acceptors (Lipinski definition) is 4. The van der Waals surface area contributed by atoms with Gasteiger partial charge < -0.3 is 15.2 Å². The molecule has 1 fully saturated rings. The zero-order chi connectivity index (χ0) is 14.1. The molecular weight excluding hydrogens is 256 g/mol. The highest BCUT2D eigenvalue weighted by molar-refractivity contribution is 5.86. The molecule has 2 aliphatic carbocycles. The van der Waals surface area contributed by atoms with Crippen LogP contribution in [0.25, 0.3) is 0 Å². The first kappa shape index (κ1) is 12.8. The van der Waals surface area contributed by atoms with Crippen molar-refractivity contribution < 1.29 is 14.7 Å². The second-order valence-electron chi connectivity index (χ2n) is 5.39. The van der Waals surface area contributed by atoms with Gasteiger partial charge in [-0.3, -0.25) is 9.78 Å². The third kappa shape index (κ3) is 2.19. The van der Waals surface area contributed by atoms with E-state index in [2.05, 4.69) is 10.3 Å². The van der Waals surface area contributed by atoms with E-state index >= 15 is 0 Å². The van der Waals surface area contributed by atoms with Crippen LogP contribution < -0.4 is 10.4 Å². The fraction of sp³-hybridized carbons (Fsp3) is 0.400. The van der Waals surface area contributed by atoms with E-state index in [4.69, 9.17) is 0 Å². The van der Waals surface area contributed by atoms with E-state index in [1.165, 1.54) is 0 Å². The van der Waals surface area contributed by atoms with E-state index in [0.29, 0.717) is 6.54 Å². The van der Waals surface area contributed by atoms with E-state index in [1.54, 1.807) is 12.4 Å². The normalized spacial score (nSPS) is 30.4. The quantitative estimate of drug-likeness (QED) is 0.774. The Kier molecular flexibility index (Phi) is 3.26. The van der Waals surface area contributed by atoms with Crippen molar-refractivity contribution in [3.8, 4) is 0 Å². The number of hydrogen-bond donors (Lipinski definition) is 1. The SMILES string of the molecule is O=C(NCc1ccncc1)[C@@H]1[C@@H](C(=O)[O-])[C@H]2C=C[C@@H]1C2. The zero-order valence-corrected chi connectivity index (χ0v) is 10.9. The summed E-state index contributed by atoms with van der Waals surface area (Å²) in [4.78, 5) is 27.4. The lowest BCUT2D eigenvalue weighted by atomic mass is 9.82. The van der Waals surface area contributed by atoms with Crippen LogP contribution in [0.4, 0.5) is 0 Å².